The highest BCUT2D eigenvalue weighted by molar-refractivity contribution is 6.23. The van der Waals surface area contributed by atoms with Crippen molar-refractivity contribution in [2.75, 3.05) is 12.0 Å². The van der Waals surface area contributed by atoms with Gasteiger partial charge in [0, 0.05) is 11.8 Å². The summed E-state index contributed by atoms with van der Waals surface area (Å²) >= 11 is 0. The number of para-hydroxylation sites is 2. The van der Waals surface area contributed by atoms with Crippen molar-refractivity contribution in [1.82, 2.24) is 0 Å². The molecule has 3 aliphatic rings. The van der Waals surface area contributed by atoms with Crippen LogP contribution in [0.1, 0.15) is 6.42 Å². The largest absolute Gasteiger partial charge is 0.495 e. The van der Waals surface area contributed by atoms with Gasteiger partial charge in [-0.3, -0.25) is 9.59 Å². The summed E-state index contributed by atoms with van der Waals surface area (Å²) in [5, 5.41) is 20.1. The first-order valence-electron chi connectivity index (χ1n) is 7.43. The Kier molecular flexibility index (Phi) is 2.83. The zero-order chi connectivity index (χ0) is 15.6. The fourth-order valence-electron chi connectivity index (χ4n) is 4.48. The third kappa shape index (κ3) is 1.51. The van der Waals surface area contributed by atoms with Crippen LogP contribution in [0.4, 0.5) is 5.69 Å². The Morgan fingerprint density at radius 3 is 2.14 bits per heavy atom. The molecule has 2 amide bonds. The highest BCUT2D eigenvalue weighted by Crippen LogP contribution is 2.57. The molecule has 22 heavy (non-hydrogen) atoms. The summed E-state index contributed by atoms with van der Waals surface area (Å²) in [5.74, 6) is -1.85. The van der Waals surface area contributed by atoms with Crippen molar-refractivity contribution < 1.29 is 24.5 Å². The normalized spacial score (nSPS) is 39.5. The van der Waals surface area contributed by atoms with Gasteiger partial charge >= 0.3 is 0 Å². The number of methoxy groups -OCH3 is 1. The molecule has 1 aromatic carbocycles. The van der Waals surface area contributed by atoms with E-state index in [0.717, 1.165) is 4.90 Å². The smallest absolute Gasteiger partial charge is 0.238 e. The van der Waals surface area contributed by atoms with Crippen molar-refractivity contribution in [1.29, 1.82) is 0 Å². The van der Waals surface area contributed by atoms with Crippen LogP contribution in [-0.4, -0.2) is 41.3 Å². The molecule has 6 nitrogen and oxygen atoms in total. The third-order valence-electron chi connectivity index (χ3n) is 5.42. The molecule has 6 atom stereocenters. The standard InChI is InChI=1S/C16H17NO5/c1-22-10-5-3-2-4-9(10)17-15(20)11-7-6-8(12(11)16(17)21)14(19)13(7)18/h2-5,7-8,11-14,18-19H,6H2,1H3/t7-,8-,11-,12-,13-,14-/m0/s1. The SMILES string of the molecule is COc1ccccc1N1C(=O)[C@H]2[C@@H]3C[C@H]([C@H](O)[C@H]3O)[C@@H]2C1=O. The number of carbonyl (C=O) groups excluding carboxylic acids is 2. The monoisotopic (exact) mass is 303 g/mol. The van der Waals surface area contributed by atoms with E-state index in [1.807, 2.05) is 0 Å². The van der Waals surface area contributed by atoms with Crippen molar-refractivity contribution in [2.45, 2.75) is 18.6 Å². The molecule has 6 heteroatoms. The van der Waals surface area contributed by atoms with Crippen molar-refractivity contribution in [3.63, 3.8) is 0 Å². The Bertz CT molecular complexity index is 628. The van der Waals surface area contributed by atoms with Gasteiger partial charge in [0.05, 0.1) is 36.8 Å². The number of aliphatic hydroxyl groups excluding tert-OH is 2. The van der Waals surface area contributed by atoms with E-state index >= 15 is 0 Å². The Labute approximate surface area is 127 Å². The lowest BCUT2D eigenvalue weighted by Crippen LogP contribution is -2.43. The quantitative estimate of drug-likeness (QED) is 0.761. The lowest BCUT2D eigenvalue weighted by atomic mass is 9.78. The highest BCUT2D eigenvalue weighted by Gasteiger charge is 2.67. The molecule has 1 heterocycles. The first-order valence-corrected chi connectivity index (χ1v) is 7.43. The number of hydrogen-bond donors (Lipinski definition) is 2. The number of amides is 2. The Morgan fingerprint density at radius 2 is 1.59 bits per heavy atom. The molecule has 0 radical (unpaired) electrons. The summed E-state index contributed by atoms with van der Waals surface area (Å²) < 4.78 is 5.24. The molecule has 2 saturated carbocycles. The topological polar surface area (TPSA) is 87.1 Å². The first kappa shape index (κ1) is 13.7. The molecule has 2 N–H and O–H groups in total. The van der Waals surface area contributed by atoms with Gasteiger partial charge in [0.15, 0.2) is 0 Å². The van der Waals surface area contributed by atoms with Crippen LogP contribution in [0, 0.1) is 23.7 Å². The van der Waals surface area contributed by atoms with Gasteiger partial charge in [-0.2, -0.15) is 0 Å². The zero-order valence-corrected chi connectivity index (χ0v) is 12.0. The molecule has 1 aliphatic heterocycles. The van der Waals surface area contributed by atoms with Gasteiger partial charge in [-0.05, 0) is 18.6 Å². The molecular weight excluding hydrogens is 286 g/mol. The minimum Gasteiger partial charge on any atom is -0.495 e. The van der Waals surface area contributed by atoms with Gasteiger partial charge in [-0.25, -0.2) is 4.90 Å². The number of aliphatic hydroxyl groups is 2. The van der Waals surface area contributed by atoms with E-state index < -0.39 is 24.0 Å². The fraction of sp³-hybridized carbons (Fsp3) is 0.500. The molecule has 2 aliphatic carbocycles. The van der Waals surface area contributed by atoms with E-state index in [1.165, 1.54) is 7.11 Å². The van der Waals surface area contributed by atoms with E-state index in [4.69, 9.17) is 4.74 Å². The van der Waals surface area contributed by atoms with Crippen LogP contribution in [0.3, 0.4) is 0 Å². The second-order valence-electron chi connectivity index (χ2n) is 6.28. The second kappa shape index (κ2) is 4.54. The number of rotatable bonds is 2. The van der Waals surface area contributed by atoms with E-state index in [2.05, 4.69) is 0 Å². The van der Waals surface area contributed by atoms with Crippen LogP contribution < -0.4 is 9.64 Å². The molecule has 0 unspecified atom stereocenters. The van der Waals surface area contributed by atoms with Crippen LogP contribution >= 0.6 is 0 Å². The van der Waals surface area contributed by atoms with Crippen LogP contribution in [0.15, 0.2) is 24.3 Å². The molecule has 0 aromatic heterocycles. The first-order chi connectivity index (χ1) is 10.6. The summed E-state index contributed by atoms with van der Waals surface area (Å²) in [4.78, 5) is 26.7. The zero-order valence-electron chi connectivity index (χ0n) is 12.0. The number of fused-ring (bicyclic) bond motifs is 5. The third-order valence-corrected chi connectivity index (χ3v) is 5.42. The summed E-state index contributed by atoms with van der Waals surface area (Å²) in [6.07, 6.45) is -1.30. The average Bonchev–Trinajstić information content (AvgIpc) is 3.12. The van der Waals surface area contributed by atoms with Gasteiger partial charge in [0.2, 0.25) is 11.8 Å². The minimum absolute atomic E-state index is 0.294. The lowest BCUT2D eigenvalue weighted by molar-refractivity contribution is -0.129. The fourth-order valence-corrected chi connectivity index (χ4v) is 4.48. The van der Waals surface area contributed by atoms with Crippen molar-refractivity contribution in [3.8, 4) is 5.75 Å². The van der Waals surface area contributed by atoms with E-state index in [1.54, 1.807) is 24.3 Å². The summed E-state index contributed by atoms with van der Waals surface area (Å²) in [6, 6.07) is 6.88. The van der Waals surface area contributed by atoms with E-state index in [-0.39, 0.29) is 23.7 Å². The Morgan fingerprint density at radius 1 is 1.05 bits per heavy atom. The van der Waals surface area contributed by atoms with Crippen LogP contribution in [0.2, 0.25) is 0 Å². The molecule has 1 aromatic rings. The molecule has 2 bridgehead atoms. The molecule has 0 spiro atoms. The van der Waals surface area contributed by atoms with Gasteiger partial charge in [-0.1, -0.05) is 12.1 Å². The number of carbonyl (C=O) groups is 2. The van der Waals surface area contributed by atoms with Crippen LogP contribution in [-0.2, 0) is 9.59 Å². The van der Waals surface area contributed by atoms with Crippen LogP contribution in [0.25, 0.3) is 0 Å². The van der Waals surface area contributed by atoms with Crippen molar-refractivity contribution in [2.24, 2.45) is 23.7 Å². The minimum atomic E-state index is -0.916. The second-order valence-corrected chi connectivity index (χ2v) is 6.28. The van der Waals surface area contributed by atoms with Gasteiger partial charge in [-0.15, -0.1) is 0 Å². The molecule has 1 saturated heterocycles. The van der Waals surface area contributed by atoms with E-state index in [9.17, 15) is 19.8 Å². The predicted octanol–water partition coefficient (Wildman–Crippen LogP) is 0.172. The number of nitrogens with zero attached hydrogens (tertiary/aromatic N) is 1. The van der Waals surface area contributed by atoms with Crippen molar-refractivity contribution >= 4 is 17.5 Å². The van der Waals surface area contributed by atoms with Gasteiger partial charge in [0.25, 0.3) is 0 Å². The van der Waals surface area contributed by atoms with Crippen LogP contribution in [0.5, 0.6) is 5.75 Å². The molecule has 3 fully saturated rings. The number of ether oxygens (including phenoxy) is 1. The maximum atomic E-state index is 12.8. The maximum Gasteiger partial charge on any atom is 0.238 e. The summed E-state index contributed by atoms with van der Waals surface area (Å²) in [6.45, 7) is 0. The van der Waals surface area contributed by atoms with Gasteiger partial charge < -0.3 is 14.9 Å². The molecular formula is C16H17NO5. The Balaban J connectivity index is 1.76. The predicted molar refractivity (Wildman–Crippen MR) is 76.1 cm³/mol. The lowest BCUT2D eigenvalue weighted by Gasteiger charge is -2.29. The Hall–Kier alpha value is -1.92. The van der Waals surface area contributed by atoms with Crippen molar-refractivity contribution in [3.05, 3.63) is 24.3 Å². The van der Waals surface area contributed by atoms with E-state index in [0.29, 0.717) is 17.9 Å². The van der Waals surface area contributed by atoms with Gasteiger partial charge in [0.1, 0.15) is 5.75 Å². The summed E-state index contributed by atoms with van der Waals surface area (Å²) in [5.41, 5.74) is 0.428. The number of benzene rings is 1. The number of hydrogen-bond acceptors (Lipinski definition) is 5. The summed E-state index contributed by atoms with van der Waals surface area (Å²) in [7, 11) is 1.49. The highest BCUT2D eigenvalue weighted by atomic mass is 16.5. The number of anilines is 1. The molecule has 4 rings (SSSR count). The number of imide groups is 1. The molecule has 116 valence electrons. The maximum absolute atomic E-state index is 12.8. The average molecular weight is 303 g/mol.